The lowest BCUT2D eigenvalue weighted by molar-refractivity contribution is 0.444. The number of nitrogens with zero attached hydrogens (tertiary/aromatic N) is 4. The van der Waals surface area contributed by atoms with E-state index in [1.54, 1.807) is 72.8 Å². The van der Waals surface area contributed by atoms with Crippen molar-refractivity contribution in [3.05, 3.63) is 299 Å². The van der Waals surface area contributed by atoms with Gasteiger partial charge in [-0.3, -0.25) is 0 Å². The molecule has 0 aliphatic heterocycles. The van der Waals surface area contributed by atoms with Crippen molar-refractivity contribution in [2.75, 3.05) is 9.80 Å². The first-order chi connectivity index (χ1) is 43.5. The van der Waals surface area contributed by atoms with Gasteiger partial charge in [0.05, 0.1) is 33.2 Å². The maximum absolute atomic E-state index is 17.9. The summed E-state index contributed by atoms with van der Waals surface area (Å²) in [6.45, 7) is 7.97. The number of hydrogen-bond donors (Lipinski definition) is 0. The Morgan fingerprint density at radius 2 is 0.567 bits per heavy atom. The number of benzene rings is 12. The van der Waals surface area contributed by atoms with E-state index in [1.165, 1.54) is 0 Å². The number of halogens is 8. The molecule has 12 heteroatoms. The Morgan fingerprint density at radius 3 is 0.956 bits per heavy atom. The molecule has 2 aliphatic rings. The van der Waals surface area contributed by atoms with E-state index in [2.05, 4.69) is 0 Å². The third-order valence-corrected chi connectivity index (χ3v) is 18.7. The number of aromatic nitrogens is 2. The molecule has 0 bridgehead atoms. The molecular formula is C78H50F8N4. The third kappa shape index (κ3) is 7.72. The number of anilines is 6. The molecule has 2 aliphatic carbocycles. The third-order valence-electron chi connectivity index (χ3n) is 18.7. The van der Waals surface area contributed by atoms with Gasteiger partial charge in [0.2, 0.25) is 0 Å². The molecule has 14 aromatic rings. The van der Waals surface area contributed by atoms with Gasteiger partial charge in [0, 0.05) is 66.5 Å². The van der Waals surface area contributed by atoms with Crippen LogP contribution in [-0.2, 0) is 10.8 Å². The average molecular weight is 1200 g/mol. The highest BCUT2D eigenvalue weighted by atomic mass is 19.2. The van der Waals surface area contributed by atoms with Gasteiger partial charge in [-0.05, 0) is 142 Å². The van der Waals surface area contributed by atoms with Gasteiger partial charge in [-0.1, -0.05) is 161 Å². The number of hydrogen-bond acceptors (Lipinski definition) is 2. The van der Waals surface area contributed by atoms with Crippen molar-refractivity contribution in [3.8, 4) is 44.8 Å². The van der Waals surface area contributed by atoms with Gasteiger partial charge >= 0.3 is 0 Å². The van der Waals surface area contributed by atoms with Gasteiger partial charge in [-0.15, -0.1) is 0 Å². The standard InChI is InChI=1S/C78H50F8N4/c1-77(2)57-27-15-11-23-49(57)51-35-31-47(41-59(51)77)87(45-33-37-63-55(39-45)53-25-13-17-29-61(53)89(63)43-19-7-5-8-20-43)75-71(83)67(79)65(68(80)72(75)84)66-69(81)73(85)76(74(86)70(66)82)88(48-32-36-52-50-24-12-16-28-58(50)78(3,4)60(52)42-48)46-34-38-64-56(40-46)54-26-14-18-30-62(54)90(64)44-21-9-6-10-22-44/h5-42H,1-4H3. The average Bonchev–Trinajstić information content (AvgIpc) is 1.15. The van der Waals surface area contributed by atoms with Gasteiger partial charge in [0.1, 0.15) is 11.4 Å². The monoisotopic (exact) mass is 1190 g/mol. The Morgan fingerprint density at radius 1 is 0.267 bits per heavy atom. The van der Waals surface area contributed by atoms with Crippen LogP contribution in [0.4, 0.5) is 69.2 Å². The molecule has 90 heavy (non-hydrogen) atoms. The smallest absolute Gasteiger partial charge is 0.186 e. The lowest BCUT2D eigenvalue weighted by Gasteiger charge is -2.30. The van der Waals surface area contributed by atoms with Gasteiger partial charge in [0.15, 0.2) is 46.5 Å². The highest BCUT2D eigenvalue weighted by Gasteiger charge is 2.41. The zero-order valence-electron chi connectivity index (χ0n) is 48.8. The largest absolute Gasteiger partial charge is 0.309 e. The van der Waals surface area contributed by atoms with Crippen molar-refractivity contribution < 1.29 is 35.1 Å². The van der Waals surface area contributed by atoms with E-state index < -0.39 is 79.9 Å². The minimum absolute atomic E-state index is 0.0524. The Labute approximate surface area is 512 Å². The van der Waals surface area contributed by atoms with Crippen LogP contribution in [0.25, 0.3) is 88.4 Å². The number of para-hydroxylation sites is 4. The van der Waals surface area contributed by atoms with Gasteiger partial charge < -0.3 is 18.9 Å². The van der Waals surface area contributed by atoms with Crippen LogP contribution in [-0.4, -0.2) is 9.13 Å². The predicted octanol–water partition coefficient (Wildman–Crippen LogP) is 22.2. The van der Waals surface area contributed by atoms with E-state index in [1.807, 2.05) is 195 Å². The molecule has 0 saturated carbocycles. The Kier molecular flexibility index (Phi) is 12.1. The van der Waals surface area contributed by atoms with Crippen molar-refractivity contribution in [2.45, 2.75) is 38.5 Å². The molecule has 0 N–H and O–H groups in total. The maximum Gasteiger partial charge on any atom is 0.186 e. The molecule has 16 rings (SSSR count). The first kappa shape index (κ1) is 54.7. The van der Waals surface area contributed by atoms with Crippen LogP contribution in [0.3, 0.4) is 0 Å². The van der Waals surface area contributed by atoms with Crippen LogP contribution >= 0.6 is 0 Å². The molecule has 12 aromatic carbocycles. The van der Waals surface area contributed by atoms with Crippen molar-refractivity contribution in [1.82, 2.24) is 9.13 Å². The summed E-state index contributed by atoms with van der Waals surface area (Å²) >= 11 is 0. The van der Waals surface area contributed by atoms with Crippen molar-refractivity contribution in [3.63, 3.8) is 0 Å². The molecule has 0 fully saturated rings. The van der Waals surface area contributed by atoms with Crippen LogP contribution < -0.4 is 9.80 Å². The number of rotatable bonds is 9. The van der Waals surface area contributed by atoms with Crippen molar-refractivity contribution in [2.24, 2.45) is 0 Å². The first-order valence-electron chi connectivity index (χ1n) is 29.5. The van der Waals surface area contributed by atoms with Crippen LogP contribution in [0.2, 0.25) is 0 Å². The molecule has 2 heterocycles. The molecule has 0 radical (unpaired) electrons. The zero-order chi connectivity index (χ0) is 61.8. The van der Waals surface area contributed by atoms with Crippen molar-refractivity contribution >= 4 is 77.7 Å². The lowest BCUT2D eigenvalue weighted by atomic mass is 9.82. The van der Waals surface area contributed by atoms with Crippen LogP contribution in [0, 0.1) is 46.5 Å². The molecule has 2 aromatic heterocycles. The lowest BCUT2D eigenvalue weighted by Crippen LogP contribution is -2.20. The summed E-state index contributed by atoms with van der Waals surface area (Å²) in [4.78, 5) is 2.04. The SMILES string of the molecule is CC1(C)c2ccccc2-c2ccc(N(c3ccc4c(c3)c3ccccc3n4-c3ccccc3)c3c(F)c(F)c(-c4c(F)c(F)c(N(c5ccc6c(c5)C(C)(C)c5ccccc5-6)c5ccc6c(c5)c5ccccc5n6-c5ccccc5)c(F)c4F)c(F)c3F)cc21. The first-order valence-corrected chi connectivity index (χ1v) is 29.5. The second kappa shape index (κ2) is 19.9. The molecule has 0 atom stereocenters. The normalized spacial score (nSPS) is 13.5. The van der Waals surface area contributed by atoms with Crippen LogP contribution in [0.1, 0.15) is 49.9 Å². The summed E-state index contributed by atoms with van der Waals surface area (Å²) in [5, 5.41) is 2.72. The van der Waals surface area contributed by atoms with Crippen LogP contribution in [0.15, 0.2) is 231 Å². The van der Waals surface area contributed by atoms with E-state index in [0.29, 0.717) is 21.8 Å². The summed E-state index contributed by atoms with van der Waals surface area (Å²) in [6.07, 6.45) is 0. The summed E-state index contributed by atoms with van der Waals surface area (Å²) in [5.74, 6) is -17.6. The molecule has 4 nitrogen and oxygen atoms in total. The van der Waals surface area contributed by atoms with Gasteiger partial charge in [0.25, 0.3) is 0 Å². The molecule has 0 spiro atoms. The Balaban J connectivity index is 0.894. The minimum Gasteiger partial charge on any atom is -0.309 e. The number of fused-ring (bicyclic) bond motifs is 12. The highest BCUT2D eigenvalue weighted by molar-refractivity contribution is 6.12. The minimum atomic E-state index is -2.30. The second-order valence-electron chi connectivity index (χ2n) is 24.2. The Hall–Kier alpha value is -10.7. The summed E-state index contributed by atoms with van der Waals surface area (Å²) in [5.41, 5.74) is 3.95. The summed E-state index contributed by atoms with van der Waals surface area (Å²) in [7, 11) is 0. The fourth-order valence-corrected chi connectivity index (χ4v) is 14.5. The van der Waals surface area contributed by atoms with E-state index in [0.717, 1.165) is 87.5 Å². The van der Waals surface area contributed by atoms with Crippen LogP contribution in [0.5, 0.6) is 0 Å². The molecular weight excluding hydrogens is 1140 g/mol. The van der Waals surface area contributed by atoms with Gasteiger partial charge in [-0.2, -0.15) is 0 Å². The molecule has 438 valence electrons. The topological polar surface area (TPSA) is 16.3 Å². The molecule has 0 amide bonds. The van der Waals surface area contributed by atoms with Crippen molar-refractivity contribution in [1.29, 1.82) is 0 Å². The van der Waals surface area contributed by atoms with Gasteiger partial charge in [-0.25, -0.2) is 35.1 Å². The zero-order valence-corrected chi connectivity index (χ0v) is 48.8. The fourth-order valence-electron chi connectivity index (χ4n) is 14.5. The van der Waals surface area contributed by atoms with E-state index in [-0.39, 0.29) is 22.7 Å². The van der Waals surface area contributed by atoms with E-state index in [4.69, 9.17) is 0 Å². The Bertz CT molecular complexity index is 4980. The fraction of sp³-hybridized carbons (Fsp3) is 0.0769. The molecule has 0 unspecified atom stereocenters. The van der Waals surface area contributed by atoms with E-state index >= 15 is 35.1 Å². The summed E-state index contributed by atoms with van der Waals surface area (Å²) < 4.78 is 146. The predicted molar refractivity (Wildman–Crippen MR) is 345 cm³/mol. The quantitative estimate of drug-likeness (QED) is 0.106. The maximum atomic E-state index is 17.9. The highest BCUT2D eigenvalue weighted by Crippen LogP contribution is 2.55. The van der Waals surface area contributed by atoms with E-state index in [9.17, 15) is 0 Å². The molecule has 0 saturated heterocycles. The second-order valence-corrected chi connectivity index (χ2v) is 24.2. The summed E-state index contributed by atoms with van der Waals surface area (Å²) in [6, 6.07) is 69.7.